The number of hydrogen-bond acceptors (Lipinski definition) is 3. The summed E-state index contributed by atoms with van der Waals surface area (Å²) in [4.78, 5) is 0.353. The summed E-state index contributed by atoms with van der Waals surface area (Å²) in [5.41, 5.74) is 5.28. The number of nitrogens with two attached hydrogens (primary N) is 1. The van der Waals surface area contributed by atoms with Crippen LogP contribution in [0.1, 0.15) is 10.9 Å². The van der Waals surface area contributed by atoms with Crippen LogP contribution in [-0.2, 0) is 0 Å². The van der Waals surface area contributed by atoms with Crippen molar-refractivity contribution in [3.8, 4) is 0 Å². The molecule has 0 fully saturated rings. The van der Waals surface area contributed by atoms with Crippen molar-refractivity contribution in [3.05, 3.63) is 20.8 Å². The van der Waals surface area contributed by atoms with E-state index in [2.05, 4.69) is 15.9 Å². The summed E-state index contributed by atoms with van der Waals surface area (Å²) in [5, 5.41) is 8.40. The quantitative estimate of drug-likeness (QED) is 0.901. The lowest BCUT2D eigenvalue weighted by atomic mass is 10.1. The van der Waals surface area contributed by atoms with Gasteiger partial charge in [0.2, 0.25) is 0 Å². The van der Waals surface area contributed by atoms with Crippen LogP contribution in [0, 0.1) is 0 Å². The van der Waals surface area contributed by atoms with Crippen molar-refractivity contribution in [1.82, 2.24) is 0 Å². The number of halogens is 4. The molecule has 3 N–H and O–H groups in total. The third-order valence-corrected chi connectivity index (χ3v) is 3.27. The minimum absolute atomic E-state index is 0. The van der Waals surface area contributed by atoms with Crippen molar-refractivity contribution in [2.75, 3.05) is 6.61 Å². The van der Waals surface area contributed by atoms with Gasteiger partial charge in [-0.2, -0.15) is 0 Å². The second-order valence-electron chi connectivity index (χ2n) is 2.54. The van der Waals surface area contributed by atoms with E-state index in [9.17, 15) is 8.78 Å². The first-order valence-corrected chi connectivity index (χ1v) is 5.08. The molecule has 14 heavy (non-hydrogen) atoms. The lowest BCUT2D eigenvalue weighted by Crippen LogP contribution is -2.35. The van der Waals surface area contributed by atoms with Gasteiger partial charge in [0, 0.05) is 4.88 Å². The molecule has 82 valence electrons. The van der Waals surface area contributed by atoms with Gasteiger partial charge in [0.25, 0.3) is 5.92 Å². The Hall–Kier alpha value is 0.250. The Bertz CT molecular complexity index is 297. The Morgan fingerprint density at radius 3 is 2.50 bits per heavy atom. The van der Waals surface area contributed by atoms with Crippen LogP contribution in [0.15, 0.2) is 15.9 Å². The van der Waals surface area contributed by atoms with Crippen molar-refractivity contribution in [1.29, 1.82) is 0 Å². The van der Waals surface area contributed by atoms with Gasteiger partial charge in [0.05, 0.1) is 3.79 Å². The monoisotopic (exact) mass is 307 g/mol. The van der Waals surface area contributed by atoms with Crippen LogP contribution in [0.3, 0.4) is 0 Å². The van der Waals surface area contributed by atoms with Crippen molar-refractivity contribution in [3.63, 3.8) is 0 Å². The highest BCUT2D eigenvalue weighted by molar-refractivity contribution is 9.11. The first kappa shape index (κ1) is 14.2. The molecule has 1 aromatic rings. The van der Waals surface area contributed by atoms with Gasteiger partial charge in [-0.3, -0.25) is 0 Å². The predicted octanol–water partition coefficient (Wildman–Crippen LogP) is 2.56. The Morgan fingerprint density at radius 2 is 2.14 bits per heavy atom. The molecule has 0 spiro atoms. The molecule has 0 amide bonds. The normalized spacial score (nSPS) is 13.5. The van der Waals surface area contributed by atoms with Crippen LogP contribution >= 0.6 is 39.7 Å². The van der Waals surface area contributed by atoms with Crippen molar-refractivity contribution in [2.45, 2.75) is 12.0 Å². The average molecular weight is 309 g/mol. The van der Waals surface area contributed by atoms with Gasteiger partial charge in [-0.25, -0.2) is 8.78 Å². The number of aliphatic hydroxyl groups is 1. The molecular weight excluding hydrogens is 300 g/mol. The largest absolute Gasteiger partial charge is 0.390 e. The summed E-state index contributed by atoms with van der Waals surface area (Å²) in [6, 6.07) is 1.73. The summed E-state index contributed by atoms with van der Waals surface area (Å²) < 4.78 is 26.5. The van der Waals surface area contributed by atoms with Gasteiger partial charge >= 0.3 is 0 Å². The van der Waals surface area contributed by atoms with Crippen LogP contribution in [-0.4, -0.2) is 17.6 Å². The molecular formula is C7H9BrClF2NOS. The predicted molar refractivity (Wildman–Crippen MR) is 58.2 cm³/mol. The van der Waals surface area contributed by atoms with E-state index in [-0.39, 0.29) is 12.4 Å². The van der Waals surface area contributed by atoms with E-state index < -0.39 is 18.6 Å². The molecule has 1 heterocycles. The zero-order valence-electron chi connectivity index (χ0n) is 6.91. The third-order valence-electron chi connectivity index (χ3n) is 1.57. The maximum absolute atomic E-state index is 12.9. The summed E-state index contributed by atoms with van der Waals surface area (Å²) in [6.07, 6.45) is 0. The summed E-state index contributed by atoms with van der Waals surface area (Å²) in [6.45, 7) is -1.23. The van der Waals surface area contributed by atoms with Gasteiger partial charge in [-0.05, 0) is 28.1 Å². The van der Waals surface area contributed by atoms with Gasteiger partial charge in [-0.1, -0.05) is 0 Å². The fourth-order valence-corrected chi connectivity index (χ4v) is 2.29. The molecule has 0 aliphatic carbocycles. The summed E-state index contributed by atoms with van der Waals surface area (Å²) >= 11 is 4.28. The fraction of sp³-hybridized carbons (Fsp3) is 0.429. The molecule has 0 aromatic carbocycles. The van der Waals surface area contributed by atoms with Crippen molar-refractivity contribution >= 4 is 39.7 Å². The zero-order valence-corrected chi connectivity index (χ0v) is 10.1. The molecule has 0 bridgehead atoms. The summed E-state index contributed by atoms with van der Waals surface area (Å²) in [7, 11) is 0. The number of thiophene rings is 1. The number of hydrogen-bond donors (Lipinski definition) is 2. The van der Waals surface area contributed by atoms with Gasteiger partial charge in [0.15, 0.2) is 0 Å². The van der Waals surface area contributed by atoms with E-state index in [1.807, 2.05) is 0 Å². The Labute approximate surface area is 98.7 Å². The molecule has 1 aromatic heterocycles. The van der Waals surface area contributed by atoms with Crippen LogP contribution in [0.5, 0.6) is 0 Å². The van der Waals surface area contributed by atoms with Gasteiger partial charge in [0.1, 0.15) is 12.6 Å². The molecule has 0 aliphatic heterocycles. The minimum Gasteiger partial charge on any atom is -0.390 e. The Morgan fingerprint density at radius 1 is 1.57 bits per heavy atom. The molecule has 1 rings (SSSR count). The van der Waals surface area contributed by atoms with Gasteiger partial charge in [-0.15, -0.1) is 23.7 Å². The molecule has 2 nitrogen and oxygen atoms in total. The van der Waals surface area contributed by atoms with Gasteiger partial charge < -0.3 is 10.8 Å². The van der Waals surface area contributed by atoms with E-state index in [0.717, 1.165) is 15.1 Å². The van der Waals surface area contributed by atoms with E-state index in [1.54, 1.807) is 6.07 Å². The number of alkyl halides is 2. The molecule has 0 radical (unpaired) electrons. The zero-order chi connectivity index (χ0) is 10.1. The Kier molecular flexibility index (Phi) is 5.46. The molecule has 1 atom stereocenters. The average Bonchev–Trinajstić information content (AvgIpc) is 2.50. The van der Waals surface area contributed by atoms with E-state index in [1.165, 1.54) is 6.07 Å². The highest BCUT2D eigenvalue weighted by atomic mass is 79.9. The third kappa shape index (κ3) is 3.13. The van der Waals surface area contributed by atoms with Crippen molar-refractivity contribution < 1.29 is 13.9 Å². The number of rotatable bonds is 3. The van der Waals surface area contributed by atoms with Crippen LogP contribution < -0.4 is 5.73 Å². The fourth-order valence-electron chi connectivity index (χ4n) is 0.802. The molecule has 0 saturated carbocycles. The second-order valence-corrected chi connectivity index (χ2v) is 5.03. The first-order valence-electron chi connectivity index (χ1n) is 3.47. The van der Waals surface area contributed by atoms with E-state index in [0.29, 0.717) is 4.88 Å². The summed E-state index contributed by atoms with van der Waals surface area (Å²) in [5.74, 6) is -3.26. The highest BCUT2D eigenvalue weighted by Crippen LogP contribution is 2.34. The molecule has 0 saturated heterocycles. The molecule has 7 heteroatoms. The maximum atomic E-state index is 12.9. The van der Waals surface area contributed by atoms with E-state index in [4.69, 9.17) is 10.8 Å². The lowest BCUT2D eigenvalue weighted by Gasteiger charge is -2.19. The van der Waals surface area contributed by atoms with Crippen LogP contribution in [0.25, 0.3) is 0 Å². The lowest BCUT2D eigenvalue weighted by molar-refractivity contribution is -0.0703. The van der Waals surface area contributed by atoms with Crippen LogP contribution in [0.2, 0.25) is 0 Å². The maximum Gasteiger partial charge on any atom is 0.290 e. The van der Waals surface area contributed by atoms with Crippen LogP contribution in [0.4, 0.5) is 8.78 Å². The molecule has 0 unspecified atom stereocenters. The first-order chi connectivity index (χ1) is 5.97. The van der Waals surface area contributed by atoms with E-state index >= 15 is 0 Å². The molecule has 0 aliphatic rings. The highest BCUT2D eigenvalue weighted by Gasteiger charge is 2.38. The number of aliphatic hydroxyl groups excluding tert-OH is 1. The minimum atomic E-state index is -3.26. The van der Waals surface area contributed by atoms with Crippen molar-refractivity contribution in [2.24, 2.45) is 5.73 Å². The standard InChI is InChI=1S/C7H8BrF2NOS.ClH/c8-5-2-1-4(13-5)6(11)7(9,10)3-12;/h1-2,6,12H,3,11H2;1H/t6-;/m0./s1. The Balaban J connectivity index is 0.00000169. The second kappa shape index (κ2) is 5.37. The smallest absolute Gasteiger partial charge is 0.290 e. The SMILES string of the molecule is Cl.N[C@@H](c1ccc(Br)s1)C(F)(F)CO. The topological polar surface area (TPSA) is 46.2 Å².